The molecule has 4 heterocycles. The fourth-order valence-corrected chi connectivity index (χ4v) is 5.76. The van der Waals surface area contributed by atoms with Crippen molar-refractivity contribution in [2.24, 2.45) is 0 Å². The van der Waals surface area contributed by atoms with Crippen molar-refractivity contribution < 1.29 is 8.42 Å². The zero-order chi connectivity index (χ0) is 19.7. The molecule has 10 nitrogen and oxygen atoms in total. The SMILES string of the molecule is Nc1nccc(N2CCN(S(=O)(=O)c3ccc(-c4ccc(=O)[nH]n4)s3)CC2)n1. The molecule has 3 N–H and O–H groups in total. The number of nitrogens with zero attached hydrogens (tertiary/aromatic N) is 5. The molecule has 28 heavy (non-hydrogen) atoms. The Bertz CT molecular complexity index is 1130. The molecule has 12 heteroatoms. The van der Waals surface area contributed by atoms with Gasteiger partial charge < -0.3 is 10.6 Å². The molecule has 0 spiro atoms. The van der Waals surface area contributed by atoms with Crippen molar-refractivity contribution >= 4 is 33.1 Å². The van der Waals surface area contributed by atoms with Crippen LogP contribution in [0.15, 0.2) is 45.5 Å². The molecule has 0 amide bonds. The number of nitrogens with two attached hydrogens (primary N) is 1. The molecule has 1 fully saturated rings. The number of nitrogen functional groups attached to an aromatic ring is 1. The summed E-state index contributed by atoms with van der Waals surface area (Å²) < 4.78 is 27.7. The van der Waals surface area contributed by atoms with Gasteiger partial charge >= 0.3 is 0 Å². The molecule has 3 aromatic heterocycles. The van der Waals surface area contributed by atoms with Crippen LogP contribution >= 0.6 is 11.3 Å². The summed E-state index contributed by atoms with van der Waals surface area (Å²) in [6.07, 6.45) is 1.58. The number of rotatable bonds is 4. The topological polar surface area (TPSA) is 138 Å². The molecule has 0 bridgehead atoms. The minimum Gasteiger partial charge on any atom is -0.368 e. The Morgan fingerprint density at radius 2 is 1.86 bits per heavy atom. The van der Waals surface area contributed by atoms with Crippen LogP contribution in [0.2, 0.25) is 0 Å². The Hall–Kier alpha value is -2.83. The Balaban J connectivity index is 1.49. The monoisotopic (exact) mass is 419 g/mol. The number of anilines is 2. The number of thiophene rings is 1. The maximum absolute atomic E-state index is 13.0. The minimum absolute atomic E-state index is 0.189. The number of aromatic amines is 1. The summed E-state index contributed by atoms with van der Waals surface area (Å²) in [6, 6.07) is 7.93. The van der Waals surface area contributed by atoms with Gasteiger partial charge in [0.15, 0.2) is 0 Å². The number of piperazine rings is 1. The standard InChI is InChI=1S/C16H17N7O3S2/c17-16-18-6-5-13(19-16)22-7-9-23(10-8-22)28(25,26)15-4-2-12(27-15)11-1-3-14(24)21-20-11/h1-6H,7-10H2,(H,21,24)(H2,17,18,19). The Kier molecular flexibility index (Phi) is 4.83. The Labute approximate surface area is 164 Å². The summed E-state index contributed by atoms with van der Waals surface area (Å²) in [5.74, 6) is 0.877. The van der Waals surface area contributed by atoms with Gasteiger partial charge in [-0.15, -0.1) is 11.3 Å². The van der Waals surface area contributed by atoms with Crippen LogP contribution in [0.25, 0.3) is 10.6 Å². The molecule has 0 radical (unpaired) electrons. The highest BCUT2D eigenvalue weighted by Crippen LogP contribution is 2.31. The summed E-state index contributed by atoms with van der Waals surface area (Å²) in [7, 11) is -3.60. The van der Waals surface area contributed by atoms with E-state index in [4.69, 9.17) is 5.73 Å². The number of sulfonamides is 1. The lowest BCUT2D eigenvalue weighted by Gasteiger charge is -2.34. The van der Waals surface area contributed by atoms with E-state index < -0.39 is 10.0 Å². The van der Waals surface area contributed by atoms with E-state index in [1.807, 2.05) is 4.90 Å². The van der Waals surface area contributed by atoms with Crippen LogP contribution in [-0.2, 0) is 10.0 Å². The smallest absolute Gasteiger partial charge is 0.264 e. The Morgan fingerprint density at radius 1 is 1.07 bits per heavy atom. The lowest BCUT2D eigenvalue weighted by atomic mass is 10.3. The molecule has 0 aromatic carbocycles. The van der Waals surface area contributed by atoms with Crippen LogP contribution < -0.4 is 16.2 Å². The van der Waals surface area contributed by atoms with E-state index in [0.29, 0.717) is 42.6 Å². The molecule has 0 atom stereocenters. The molecule has 4 rings (SSSR count). The fraction of sp³-hybridized carbons (Fsp3) is 0.250. The summed E-state index contributed by atoms with van der Waals surface area (Å²) in [4.78, 5) is 21.8. The third kappa shape index (κ3) is 3.61. The second-order valence-electron chi connectivity index (χ2n) is 6.09. The molecule has 1 aliphatic heterocycles. The van der Waals surface area contributed by atoms with Crippen LogP contribution in [0.1, 0.15) is 0 Å². The first kappa shape index (κ1) is 18.5. The first-order valence-corrected chi connectivity index (χ1v) is 10.7. The normalized spacial score (nSPS) is 15.6. The minimum atomic E-state index is -3.60. The van der Waals surface area contributed by atoms with Crippen molar-refractivity contribution in [1.82, 2.24) is 24.5 Å². The second kappa shape index (κ2) is 7.30. The van der Waals surface area contributed by atoms with E-state index in [1.165, 1.54) is 10.4 Å². The fourth-order valence-electron chi connectivity index (χ4n) is 2.90. The summed E-state index contributed by atoms with van der Waals surface area (Å²) in [6.45, 7) is 1.71. The van der Waals surface area contributed by atoms with E-state index in [9.17, 15) is 13.2 Å². The first-order valence-electron chi connectivity index (χ1n) is 8.43. The van der Waals surface area contributed by atoms with E-state index in [1.54, 1.807) is 30.5 Å². The predicted octanol–water partition coefficient (Wildman–Crippen LogP) is 0.381. The molecule has 0 saturated carbocycles. The lowest BCUT2D eigenvalue weighted by Crippen LogP contribution is -2.48. The van der Waals surface area contributed by atoms with E-state index in [0.717, 1.165) is 11.3 Å². The Morgan fingerprint density at radius 3 is 2.54 bits per heavy atom. The summed E-state index contributed by atoms with van der Waals surface area (Å²) in [5.41, 5.74) is 5.83. The maximum atomic E-state index is 13.0. The highest BCUT2D eigenvalue weighted by atomic mass is 32.2. The second-order valence-corrected chi connectivity index (χ2v) is 9.34. The van der Waals surface area contributed by atoms with Gasteiger partial charge in [-0.3, -0.25) is 4.79 Å². The summed E-state index contributed by atoms with van der Waals surface area (Å²) in [5, 5.41) is 6.29. The molecule has 1 aliphatic rings. The van der Waals surface area contributed by atoms with Gasteiger partial charge in [-0.2, -0.15) is 14.4 Å². The van der Waals surface area contributed by atoms with Gasteiger partial charge in [-0.05, 0) is 24.3 Å². The van der Waals surface area contributed by atoms with Crippen LogP contribution in [0.5, 0.6) is 0 Å². The highest BCUT2D eigenvalue weighted by Gasteiger charge is 2.30. The quantitative estimate of drug-likeness (QED) is 0.619. The predicted molar refractivity (Wildman–Crippen MR) is 106 cm³/mol. The number of hydrogen-bond donors (Lipinski definition) is 2. The summed E-state index contributed by atoms with van der Waals surface area (Å²) >= 11 is 1.13. The van der Waals surface area contributed by atoms with E-state index in [-0.39, 0.29) is 15.7 Å². The molecule has 146 valence electrons. The number of aromatic nitrogens is 4. The van der Waals surface area contributed by atoms with E-state index >= 15 is 0 Å². The third-order valence-electron chi connectivity index (χ3n) is 4.33. The van der Waals surface area contributed by atoms with Crippen molar-refractivity contribution in [3.05, 3.63) is 46.9 Å². The van der Waals surface area contributed by atoms with Crippen LogP contribution in [0.3, 0.4) is 0 Å². The van der Waals surface area contributed by atoms with Crippen molar-refractivity contribution in [2.75, 3.05) is 36.8 Å². The van der Waals surface area contributed by atoms with Crippen LogP contribution in [0.4, 0.5) is 11.8 Å². The van der Waals surface area contributed by atoms with Gasteiger partial charge in [0, 0.05) is 38.4 Å². The van der Waals surface area contributed by atoms with Crippen LogP contribution in [-0.4, -0.2) is 59.1 Å². The zero-order valence-corrected chi connectivity index (χ0v) is 16.3. The zero-order valence-electron chi connectivity index (χ0n) is 14.6. The third-order valence-corrected chi connectivity index (χ3v) is 7.80. The number of H-pyrrole nitrogens is 1. The van der Waals surface area contributed by atoms with Crippen molar-refractivity contribution in [1.29, 1.82) is 0 Å². The largest absolute Gasteiger partial charge is 0.368 e. The molecular formula is C16H17N7O3S2. The molecule has 1 saturated heterocycles. The van der Waals surface area contributed by atoms with E-state index in [2.05, 4.69) is 20.2 Å². The number of nitrogens with one attached hydrogen (secondary N) is 1. The highest BCUT2D eigenvalue weighted by molar-refractivity contribution is 7.91. The van der Waals surface area contributed by atoms with Crippen molar-refractivity contribution in [2.45, 2.75) is 4.21 Å². The molecule has 0 aliphatic carbocycles. The van der Waals surface area contributed by atoms with Crippen LogP contribution in [0, 0.1) is 0 Å². The molecule has 0 unspecified atom stereocenters. The average molecular weight is 419 g/mol. The average Bonchev–Trinajstić information content (AvgIpc) is 3.20. The lowest BCUT2D eigenvalue weighted by molar-refractivity contribution is 0.385. The first-order chi connectivity index (χ1) is 13.4. The van der Waals surface area contributed by atoms with Gasteiger partial charge in [0.05, 0.1) is 4.88 Å². The molecule has 3 aromatic rings. The van der Waals surface area contributed by atoms with Gasteiger partial charge in [-0.25, -0.2) is 18.5 Å². The maximum Gasteiger partial charge on any atom is 0.264 e. The molecular weight excluding hydrogens is 402 g/mol. The number of hydrogen-bond acceptors (Lipinski definition) is 9. The van der Waals surface area contributed by atoms with Gasteiger partial charge in [-0.1, -0.05) is 0 Å². The van der Waals surface area contributed by atoms with Gasteiger partial charge in [0.25, 0.3) is 15.6 Å². The van der Waals surface area contributed by atoms with Crippen molar-refractivity contribution in [3.63, 3.8) is 0 Å². The van der Waals surface area contributed by atoms with Gasteiger partial charge in [0.2, 0.25) is 5.95 Å². The van der Waals surface area contributed by atoms with Gasteiger partial charge in [0.1, 0.15) is 15.7 Å². The van der Waals surface area contributed by atoms with Crippen molar-refractivity contribution in [3.8, 4) is 10.6 Å².